The summed E-state index contributed by atoms with van der Waals surface area (Å²) in [5.41, 5.74) is 5.85. The zero-order chi connectivity index (χ0) is 27.4. The SMILES string of the molecule is COC(=O)CO/N=C1\Cc2c(Cl)c(C)cc(C)c2C(=O)OC(C)C/C=C/CCC(NOCC(=O)OC)C1. The summed E-state index contributed by atoms with van der Waals surface area (Å²) < 4.78 is 14.9. The highest BCUT2D eigenvalue weighted by atomic mass is 35.5. The number of carbonyl (C=O) groups is 3. The summed E-state index contributed by atoms with van der Waals surface area (Å²) >= 11 is 6.70. The number of allylic oxidation sites excluding steroid dienone is 1. The minimum atomic E-state index is -0.589. The molecule has 0 saturated carbocycles. The third-order valence-corrected chi connectivity index (χ3v) is 6.23. The van der Waals surface area contributed by atoms with E-state index in [0.717, 1.165) is 11.1 Å². The van der Waals surface area contributed by atoms with Crippen molar-refractivity contribution >= 4 is 35.2 Å². The van der Waals surface area contributed by atoms with Crippen molar-refractivity contribution in [2.24, 2.45) is 5.16 Å². The number of esters is 3. The average molecular weight is 539 g/mol. The summed E-state index contributed by atoms with van der Waals surface area (Å²) in [6.07, 6.45) is 5.96. The highest BCUT2D eigenvalue weighted by Gasteiger charge is 2.25. The van der Waals surface area contributed by atoms with Gasteiger partial charge in [0.15, 0.2) is 6.61 Å². The van der Waals surface area contributed by atoms with Gasteiger partial charge in [-0.2, -0.15) is 5.48 Å². The van der Waals surface area contributed by atoms with Gasteiger partial charge >= 0.3 is 17.9 Å². The van der Waals surface area contributed by atoms with E-state index in [-0.39, 0.29) is 31.8 Å². The van der Waals surface area contributed by atoms with E-state index in [2.05, 4.69) is 20.1 Å². The van der Waals surface area contributed by atoms with Crippen LogP contribution in [0.3, 0.4) is 0 Å². The summed E-state index contributed by atoms with van der Waals surface area (Å²) in [6, 6.07) is 1.56. The van der Waals surface area contributed by atoms with Gasteiger partial charge in [0.05, 0.1) is 25.5 Å². The van der Waals surface area contributed by atoms with Crippen LogP contribution in [0.1, 0.15) is 59.7 Å². The standard InChI is InChI=1S/C26H35ClN2O8/c1-16-11-17(2)25(27)21-13-20(29-36-15-23(31)34-5)12-19(28-35-14-22(30)33-4)10-8-6-7-9-18(3)37-26(32)24(16)21/h6-7,11,18-19,28H,8-10,12-15H2,1-5H3/b7-6+,29-20-. The average Bonchev–Trinajstić information content (AvgIpc) is 2.85. The number of hydroxylamine groups is 1. The number of methoxy groups -OCH3 is 2. The molecule has 0 spiro atoms. The predicted molar refractivity (Wildman–Crippen MR) is 137 cm³/mol. The molecular formula is C26H35ClN2O8. The van der Waals surface area contributed by atoms with Crippen LogP contribution in [-0.2, 0) is 39.9 Å². The van der Waals surface area contributed by atoms with Crippen molar-refractivity contribution in [2.45, 2.75) is 65.0 Å². The van der Waals surface area contributed by atoms with Gasteiger partial charge in [-0.25, -0.2) is 14.4 Å². The molecule has 0 amide bonds. The van der Waals surface area contributed by atoms with E-state index in [9.17, 15) is 14.4 Å². The monoisotopic (exact) mass is 538 g/mol. The molecule has 0 bridgehead atoms. The summed E-state index contributed by atoms with van der Waals surface area (Å²) in [5, 5.41) is 4.61. The molecule has 0 fully saturated rings. The van der Waals surface area contributed by atoms with Gasteiger partial charge in [-0.05, 0) is 50.3 Å². The molecule has 0 radical (unpaired) electrons. The Bertz CT molecular complexity index is 1020. The number of carbonyl (C=O) groups excluding carboxylic acids is 3. The maximum atomic E-state index is 13.2. The van der Waals surface area contributed by atoms with Gasteiger partial charge in [0.2, 0.25) is 6.61 Å². The van der Waals surface area contributed by atoms with Crippen molar-refractivity contribution in [1.29, 1.82) is 0 Å². The molecule has 0 aromatic heterocycles. The van der Waals surface area contributed by atoms with E-state index in [1.807, 2.05) is 39.0 Å². The molecular weight excluding hydrogens is 504 g/mol. The molecule has 2 rings (SSSR count). The lowest BCUT2D eigenvalue weighted by Crippen LogP contribution is -2.34. The number of hydrogen-bond acceptors (Lipinski definition) is 10. The number of hydrogen-bond donors (Lipinski definition) is 1. The van der Waals surface area contributed by atoms with Crippen molar-refractivity contribution in [3.8, 4) is 0 Å². The lowest BCUT2D eigenvalue weighted by atomic mass is 9.92. The maximum Gasteiger partial charge on any atom is 0.346 e. The van der Waals surface area contributed by atoms with Crippen LogP contribution in [0.4, 0.5) is 0 Å². The third kappa shape index (κ3) is 9.79. The molecule has 2 unspecified atom stereocenters. The van der Waals surface area contributed by atoms with Crippen LogP contribution in [0.2, 0.25) is 5.02 Å². The molecule has 0 saturated heterocycles. The van der Waals surface area contributed by atoms with Crippen LogP contribution in [0.15, 0.2) is 23.4 Å². The van der Waals surface area contributed by atoms with Crippen molar-refractivity contribution < 1.29 is 38.3 Å². The third-order valence-electron chi connectivity index (χ3n) is 5.70. The molecule has 1 aromatic rings. The van der Waals surface area contributed by atoms with Crippen LogP contribution < -0.4 is 5.48 Å². The Balaban J connectivity index is 2.48. The maximum absolute atomic E-state index is 13.2. The summed E-state index contributed by atoms with van der Waals surface area (Å²) in [7, 11) is 2.53. The first-order valence-corrected chi connectivity index (χ1v) is 12.4. The number of nitrogens with one attached hydrogen (secondary N) is 1. The van der Waals surface area contributed by atoms with Gasteiger partial charge < -0.3 is 19.0 Å². The quantitative estimate of drug-likeness (QED) is 0.239. The number of ether oxygens (including phenoxy) is 3. The first kappa shape index (κ1) is 30.3. The molecule has 1 aromatic carbocycles. The number of oxime groups is 1. The fourth-order valence-corrected chi connectivity index (χ4v) is 4.05. The summed E-state index contributed by atoms with van der Waals surface area (Å²) in [5.74, 6) is -1.59. The van der Waals surface area contributed by atoms with Crippen molar-refractivity contribution in [3.63, 3.8) is 0 Å². The first-order valence-electron chi connectivity index (χ1n) is 12.0. The molecule has 37 heavy (non-hydrogen) atoms. The molecule has 204 valence electrons. The topological polar surface area (TPSA) is 122 Å². The number of halogens is 1. The van der Waals surface area contributed by atoms with Crippen LogP contribution in [0.25, 0.3) is 0 Å². The smallest absolute Gasteiger partial charge is 0.346 e. The fourth-order valence-electron chi connectivity index (χ4n) is 3.83. The number of rotatable bonds is 7. The second-order valence-electron chi connectivity index (χ2n) is 8.75. The zero-order valence-electron chi connectivity index (χ0n) is 21.9. The van der Waals surface area contributed by atoms with Crippen molar-refractivity contribution in [2.75, 3.05) is 27.4 Å². The van der Waals surface area contributed by atoms with Gasteiger partial charge in [-0.15, -0.1) is 0 Å². The molecule has 10 nitrogen and oxygen atoms in total. The normalized spacial score (nSPS) is 20.8. The van der Waals surface area contributed by atoms with Crippen molar-refractivity contribution in [1.82, 2.24) is 5.48 Å². The first-order chi connectivity index (χ1) is 17.7. The number of aryl methyl sites for hydroxylation is 2. The van der Waals surface area contributed by atoms with E-state index in [0.29, 0.717) is 47.5 Å². The minimum Gasteiger partial charge on any atom is -0.467 e. The number of fused-ring (bicyclic) bond motifs is 1. The fraction of sp³-hybridized carbons (Fsp3) is 0.538. The highest BCUT2D eigenvalue weighted by Crippen LogP contribution is 2.30. The van der Waals surface area contributed by atoms with Gasteiger partial charge in [0.25, 0.3) is 0 Å². The largest absolute Gasteiger partial charge is 0.467 e. The van der Waals surface area contributed by atoms with Gasteiger partial charge in [0.1, 0.15) is 6.10 Å². The second kappa shape index (κ2) is 15.3. The lowest BCUT2D eigenvalue weighted by Gasteiger charge is -2.22. The zero-order valence-corrected chi connectivity index (χ0v) is 22.7. The Hall–Kier alpha value is -2.95. The molecule has 11 heteroatoms. The number of benzene rings is 1. The highest BCUT2D eigenvalue weighted by molar-refractivity contribution is 6.33. The Morgan fingerprint density at radius 2 is 1.84 bits per heavy atom. The summed E-state index contributed by atoms with van der Waals surface area (Å²) in [6.45, 7) is 4.86. The van der Waals surface area contributed by atoms with E-state index >= 15 is 0 Å². The van der Waals surface area contributed by atoms with E-state index in [1.54, 1.807) is 0 Å². The van der Waals surface area contributed by atoms with Crippen molar-refractivity contribution in [3.05, 3.63) is 45.5 Å². The molecule has 0 aliphatic carbocycles. The molecule has 1 N–H and O–H groups in total. The molecule has 2 atom stereocenters. The van der Waals surface area contributed by atoms with Crippen LogP contribution in [-0.4, -0.2) is 63.2 Å². The van der Waals surface area contributed by atoms with E-state index in [1.165, 1.54) is 14.2 Å². The number of cyclic esters (lactones) is 1. The van der Waals surface area contributed by atoms with E-state index < -0.39 is 17.9 Å². The Kier molecular flexibility index (Phi) is 12.5. The Labute approximate surface area is 222 Å². The Morgan fingerprint density at radius 3 is 2.54 bits per heavy atom. The second-order valence-corrected chi connectivity index (χ2v) is 9.12. The van der Waals surface area contributed by atoms with Gasteiger partial charge in [0, 0.05) is 30.3 Å². The predicted octanol–water partition coefficient (Wildman–Crippen LogP) is 3.78. The molecule has 1 aliphatic heterocycles. The molecule has 1 aliphatic rings. The van der Waals surface area contributed by atoms with Gasteiger partial charge in [-0.1, -0.05) is 35.0 Å². The molecule has 1 heterocycles. The minimum absolute atomic E-state index is 0.159. The van der Waals surface area contributed by atoms with Gasteiger partial charge in [-0.3, -0.25) is 4.84 Å². The lowest BCUT2D eigenvalue weighted by molar-refractivity contribution is -0.149. The van der Waals surface area contributed by atoms with Crippen LogP contribution >= 0.6 is 11.6 Å². The van der Waals surface area contributed by atoms with Crippen LogP contribution in [0, 0.1) is 13.8 Å². The number of nitrogens with zero attached hydrogens (tertiary/aromatic N) is 1. The Morgan fingerprint density at radius 1 is 1.14 bits per heavy atom. The van der Waals surface area contributed by atoms with E-state index in [4.69, 9.17) is 26.0 Å². The van der Waals surface area contributed by atoms with Crippen LogP contribution in [0.5, 0.6) is 0 Å². The summed E-state index contributed by atoms with van der Waals surface area (Å²) in [4.78, 5) is 46.9.